The van der Waals surface area contributed by atoms with Crippen molar-refractivity contribution in [2.45, 2.75) is 38.0 Å². The van der Waals surface area contributed by atoms with Crippen LogP contribution in [0.2, 0.25) is 0 Å². The van der Waals surface area contributed by atoms with Crippen LogP contribution in [0.25, 0.3) is 10.9 Å². The van der Waals surface area contributed by atoms with E-state index >= 15 is 0 Å². The van der Waals surface area contributed by atoms with E-state index in [-0.39, 0.29) is 5.91 Å². The molecule has 3 heteroatoms. The first-order valence-electron chi connectivity index (χ1n) is 8.09. The first-order chi connectivity index (χ1) is 10.3. The van der Waals surface area contributed by atoms with Gasteiger partial charge in [-0.2, -0.15) is 0 Å². The van der Waals surface area contributed by atoms with E-state index in [2.05, 4.69) is 41.2 Å². The number of hydrogen-bond donors (Lipinski definition) is 1. The van der Waals surface area contributed by atoms with Crippen LogP contribution in [-0.4, -0.2) is 17.0 Å². The summed E-state index contributed by atoms with van der Waals surface area (Å²) >= 11 is 0. The van der Waals surface area contributed by atoms with Crippen molar-refractivity contribution in [2.24, 2.45) is 13.0 Å². The van der Waals surface area contributed by atoms with Gasteiger partial charge in [-0.3, -0.25) is 4.79 Å². The lowest BCUT2D eigenvalue weighted by molar-refractivity contribution is -0.127. The van der Waals surface area contributed by atoms with E-state index in [0.29, 0.717) is 11.8 Å². The largest absolute Gasteiger partial charge is 0.355 e. The maximum absolute atomic E-state index is 12.0. The quantitative estimate of drug-likeness (QED) is 0.922. The Morgan fingerprint density at radius 1 is 1.29 bits per heavy atom. The number of aryl methyl sites for hydroxylation is 1. The van der Waals surface area contributed by atoms with Gasteiger partial charge in [0.1, 0.15) is 0 Å². The van der Waals surface area contributed by atoms with Crippen molar-refractivity contribution in [1.82, 2.24) is 9.88 Å². The average Bonchev–Trinajstić information content (AvgIpc) is 2.96. The lowest BCUT2D eigenvalue weighted by atomic mass is 9.84. The zero-order valence-electron chi connectivity index (χ0n) is 12.6. The molecule has 2 aliphatic rings. The van der Waals surface area contributed by atoms with E-state index in [0.717, 1.165) is 32.2 Å². The molecule has 0 spiro atoms. The normalized spacial score (nSPS) is 21.3. The van der Waals surface area contributed by atoms with Gasteiger partial charge in [0.2, 0.25) is 5.91 Å². The Kier molecular flexibility index (Phi) is 3.02. The van der Waals surface area contributed by atoms with Crippen LogP contribution in [0.5, 0.6) is 0 Å². The van der Waals surface area contributed by atoms with E-state index < -0.39 is 0 Å². The van der Waals surface area contributed by atoms with Crippen molar-refractivity contribution in [3.8, 4) is 0 Å². The summed E-state index contributed by atoms with van der Waals surface area (Å²) in [5.41, 5.74) is 4.25. The number of benzene rings is 1. The Hall–Kier alpha value is -1.77. The molecule has 1 fully saturated rings. The summed E-state index contributed by atoms with van der Waals surface area (Å²) < 4.78 is 2.33. The zero-order valence-corrected chi connectivity index (χ0v) is 12.6. The molecule has 2 aromatic rings. The fourth-order valence-electron chi connectivity index (χ4n) is 3.93. The Bertz CT molecular complexity index is 697. The third-order valence-electron chi connectivity index (χ3n) is 5.41. The Labute approximate surface area is 125 Å². The van der Waals surface area contributed by atoms with Gasteiger partial charge in [-0.25, -0.2) is 0 Å². The zero-order chi connectivity index (χ0) is 14.4. The molecular weight excluding hydrogens is 260 g/mol. The maximum Gasteiger partial charge on any atom is 0.223 e. The molecule has 3 nitrogen and oxygen atoms in total. The van der Waals surface area contributed by atoms with Gasteiger partial charge in [0.25, 0.3) is 0 Å². The van der Waals surface area contributed by atoms with E-state index in [1.807, 2.05) is 0 Å². The van der Waals surface area contributed by atoms with Gasteiger partial charge in [0.05, 0.1) is 0 Å². The molecule has 1 aromatic carbocycles. The maximum atomic E-state index is 12.0. The molecule has 1 heterocycles. The monoisotopic (exact) mass is 282 g/mol. The molecule has 0 radical (unpaired) electrons. The minimum Gasteiger partial charge on any atom is -0.355 e. The van der Waals surface area contributed by atoms with Crippen LogP contribution < -0.4 is 5.32 Å². The van der Waals surface area contributed by atoms with E-state index in [4.69, 9.17) is 0 Å². The molecule has 2 aliphatic carbocycles. The van der Waals surface area contributed by atoms with Crippen LogP contribution in [0.1, 0.15) is 42.9 Å². The summed E-state index contributed by atoms with van der Waals surface area (Å²) in [6, 6.07) is 8.63. The fourth-order valence-corrected chi connectivity index (χ4v) is 3.93. The fraction of sp³-hybridized carbons (Fsp3) is 0.500. The van der Waals surface area contributed by atoms with Crippen molar-refractivity contribution in [3.05, 3.63) is 35.5 Å². The van der Waals surface area contributed by atoms with Crippen LogP contribution in [0, 0.1) is 5.92 Å². The van der Waals surface area contributed by atoms with Gasteiger partial charge < -0.3 is 9.88 Å². The summed E-state index contributed by atoms with van der Waals surface area (Å²) in [7, 11) is 2.16. The highest BCUT2D eigenvalue weighted by molar-refractivity contribution is 5.87. The van der Waals surface area contributed by atoms with Crippen LogP contribution in [0.3, 0.4) is 0 Å². The Morgan fingerprint density at radius 3 is 2.86 bits per heavy atom. The van der Waals surface area contributed by atoms with Gasteiger partial charge >= 0.3 is 0 Å². The first kappa shape index (κ1) is 12.9. The summed E-state index contributed by atoms with van der Waals surface area (Å²) in [6.45, 7) is 0.802. The van der Waals surface area contributed by atoms with Gasteiger partial charge in [-0.05, 0) is 37.3 Å². The number of hydrogen-bond acceptors (Lipinski definition) is 1. The molecule has 1 unspecified atom stereocenters. The molecule has 110 valence electrons. The molecule has 21 heavy (non-hydrogen) atoms. The summed E-state index contributed by atoms with van der Waals surface area (Å²) in [5.74, 6) is 1.04. The SMILES string of the molecule is Cn1c2c(c3ccccc31)C(CNC(=O)C1CCC1)CC2. The number of aromatic nitrogens is 1. The standard InChI is InChI=1S/C18H22N2O/c1-20-15-8-3-2-7-14(15)17-13(9-10-16(17)20)11-19-18(21)12-5-4-6-12/h2-3,7-8,12-13H,4-6,9-11H2,1H3,(H,19,21). The second-order valence-corrected chi connectivity index (χ2v) is 6.55. The highest BCUT2D eigenvalue weighted by Crippen LogP contribution is 2.39. The summed E-state index contributed by atoms with van der Waals surface area (Å²) in [6.07, 6.45) is 5.67. The van der Waals surface area contributed by atoms with Gasteiger partial charge in [-0.1, -0.05) is 24.6 Å². The second kappa shape index (κ2) is 4.90. The number of nitrogens with zero attached hydrogens (tertiary/aromatic N) is 1. The number of para-hydroxylation sites is 1. The van der Waals surface area contributed by atoms with E-state index in [1.54, 1.807) is 0 Å². The number of rotatable bonds is 3. The van der Waals surface area contributed by atoms with E-state index in [9.17, 15) is 4.79 Å². The average molecular weight is 282 g/mol. The van der Waals surface area contributed by atoms with Crippen molar-refractivity contribution < 1.29 is 4.79 Å². The predicted molar refractivity (Wildman–Crippen MR) is 84.3 cm³/mol. The van der Waals surface area contributed by atoms with Gasteiger partial charge in [-0.15, -0.1) is 0 Å². The Morgan fingerprint density at radius 2 is 2.10 bits per heavy atom. The number of carbonyl (C=O) groups is 1. The molecule has 1 amide bonds. The van der Waals surface area contributed by atoms with Crippen LogP contribution in [-0.2, 0) is 18.3 Å². The molecule has 1 aromatic heterocycles. The predicted octanol–water partition coefficient (Wildman–Crippen LogP) is 3.12. The third-order valence-corrected chi connectivity index (χ3v) is 5.41. The van der Waals surface area contributed by atoms with E-state index in [1.165, 1.54) is 28.6 Å². The van der Waals surface area contributed by atoms with Gasteiger partial charge in [0.15, 0.2) is 0 Å². The van der Waals surface area contributed by atoms with Crippen molar-refractivity contribution >= 4 is 16.8 Å². The highest BCUT2D eigenvalue weighted by Gasteiger charge is 2.30. The number of fused-ring (bicyclic) bond motifs is 3. The molecule has 0 saturated heterocycles. The molecule has 0 bridgehead atoms. The number of carbonyl (C=O) groups excluding carboxylic acids is 1. The second-order valence-electron chi connectivity index (χ2n) is 6.55. The topological polar surface area (TPSA) is 34.0 Å². The third kappa shape index (κ3) is 1.98. The lowest BCUT2D eigenvalue weighted by Crippen LogP contribution is -2.36. The summed E-state index contributed by atoms with van der Waals surface area (Å²) in [4.78, 5) is 12.0. The molecular formula is C18H22N2O. The first-order valence-corrected chi connectivity index (χ1v) is 8.09. The molecule has 1 saturated carbocycles. The number of nitrogens with one attached hydrogen (secondary N) is 1. The van der Waals surface area contributed by atoms with Crippen LogP contribution in [0.4, 0.5) is 0 Å². The molecule has 1 atom stereocenters. The molecule has 1 N–H and O–H groups in total. The minimum absolute atomic E-state index is 0.273. The molecule has 0 aliphatic heterocycles. The molecule has 4 rings (SSSR count). The van der Waals surface area contributed by atoms with Crippen molar-refractivity contribution in [2.75, 3.05) is 6.54 Å². The van der Waals surface area contributed by atoms with Gasteiger partial charge in [0, 0.05) is 42.0 Å². The van der Waals surface area contributed by atoms with Crippen molar-refractivity contribution in [3.63, 3.8) is 0 Å². The lowest BCUT2D eigenvalue weighted by Gasteiger charge is -2.25. The number of amides is 1. The van der Waals surface area contributed by atoms with Crippen LogP contribution in [0.15, 0.2) is 24.3 Å². The highest BCUT2D eigenvalue weighted by atomic mass is 16.1. The van der Waals surface area contributed by atoms with Crippen LogP contribution >= 0.6 is 0 Å². The minimum atomic E-state index is 0.273. The Balaban J connectivity index is 1.57. The smallest absolute Gasteiger partial charge is 0.223 e. The van der Waals surface area contributed by atoms with Crippen molar-refractivity contribution in [1.29, 1.82) is 0 Å². The summed E-state index contributed by atoms with van der Waals surface area (Å²) in [5, 5.41) is 4.56.